The number of anilines is 1. The van der Waals surface area contributed by atoms with Crippen molar-refractivity contribution in [3.63, 3.8) is 0 Å². The van der Waals surface area contributed by atoms with E-state index in [1.807, 2.05) is 0 Å². The number of benzene rings is 3. The molecule has 1 heterocycles. The number of Topliss-reactive ketones (excluding diaryl/α,β-unsaturated/α-hetero) is 1. The fourth-order valence-electron chi connectivity index (χ4n) is 3.90. The number of ketones is 1. The summed E-state index contributed by atoms with van der Waals surface area (Å²) in [7, 11) is 0. The zero-order valence-electron chi connectivity index (χ0n) is 18.9. The van der Waals surface area contributed by atoms with Crippen LogP contribution in [0.2, 0.25) is 0 Å². The summed E-state index contributed by atoms with van der Waals surface area (Å²) in [5, 5.41) is 20.9. The number of aliphatic hydroxyl groups is 1. The highest BCUT2D eigenvalue weighted by atomic mass is 79.9. The zero-order valence-corrected chi connectivity index (χ0v) is 20.5. The van der Waals surface area contributed by atoms with E-state index in [0.717, 1.165) is 4.47 Å². The minimum absolute atomic E-state index is 0.0111. The first-order valence-electron chi connectivity index (χ1n) is 10.8. The van der Waals surface area contributed by atoms with Crippen LogP contribution in [0.5, 0.6) is 5.75 Å². The van der Waals surface area contributed by atoms with Gasteiger partial charge in [0.15, 0.2) is 0 Å². The Labute approximate surface area is 210 Å². The van der Waals surface area contributed by atoms with Crippen LogP contribution in [0.15, 0.2) is 82.8 Å². The van der Waals surface area contributed by atoms with Gasteiger partial charge in [-0.1, -0.05) is 46.3 Å². The van der Waals surface area contributed by atoms with Crippen molar-refractivity contribution in [3.05, 3.63) is 99.5 Å². The third kappa shape index (κ3) is 4.83. The first-order chi connectivity index (χ1) is 16.7. The van der Waals surface area contributed by atoms with Crippen molar-refractivity contribution in [1.29, 1.82) is 0 Å². The smallest absolute Gasteiger partial charge is 0.338 e. The predicted octanol–water partition coefficient (Wildman–Crippen LogP) is 5.35. The fraction of sp³-hybridized carbons (Fsp3) is 0.148. The summed E-state index contributed by atoms with van der Waals surface area (Å²) in [6.45, 7) is 3.46. The molecule has 1 saturated heterocycles. The molecular formula is C27H22BrNO6. The normalized spacial score (nSPS) is 17.1. The van der Waals surface area contributed by atoms with Crippen molar-refractivity contribution >= 4 is 45.0 Å². The van der Waals surface area contributed by atoms with Crippen LogP contribution in [-0.2, 0) is 14.3 Å². The quantitative estimate of drug-likeness (QED) is 0.197. The lowest BCUT2D eigenvalue weighted by atomic mass is 9.95. The number of esters is 1. The number of amides is 1. The Morgan fingerprint density at radius 3 is 2.26 bits per heavy atom. The molecule has 178 valence electrons. The molecule has 1 aliphatic heterocycles. The molecule has 0 aromatic heterocycles. The molecule has 3 aromatic carbocycles. The van der Waals surface area contributed by atoms with Gasteiger partial charge in [-0.15, -0.1) is 0 Å². The SMILES string of the molecule is CC(C)OC(=O)c1cccc(N2C(=O)C(=O)/C(=C(/O)c3ccc(Br)cc3)C2c2ccc(O)cc2)c1. The highest BCUT2D eigenvalue weighted by Gasteiger charge is 2.47. The largest absolute Gasteiger partial charge is 0.508 e. The molecule has 7 nitrogen and oxygen atoms in total. The first kappa shape index (κ1) is 24.2. The van der Waals surface area contributed by atoms with Gasteiger partial charge >= 0.3 is 5.97 Å². The van der Waals surface area contributed by atoms with Gasteiger partial charge in [0.1, 0.15) is 11.5 Å². The van der Waals surface area contributed by atoms with E-state index in [0.29, 0.717) is 16.8 Å². The van der Waals surface area contributed by atoms with Crippen LogP contribution in [0.25, 0.3) is 5.76 Å². The number of hydrogen-bond donors (Lipinski definition) is 2. The van der Waals surface area contributed by atoms with E-state index in [-0.39, 0.29) is 28.7 Å². The molecule has 4 rings (SSSR count). The average Bonchev–Trinajstić information content (AvgIpc) is 3.09. The number of aromatic hydroxyl groups is 1. The highest BCUT2D eigenvalue weighted by Crippen LogP contribution is 2.42. The maximum absolute atomic E-state index is 13.3. The second kappa shape index (κ2) is 9.76. The molecule has 1 fully saturated rings. The summed E-state index contributed by atoms with van der Waals surface area (Å²) in [5.74, 6) is -2.59. The maximum atomic E-state index is 13.3. The Kier molecular flexibility index (Phi) is 6.75. The molecule has 0 aliphatic carbocycles. The average molecular weight is 536 g/mol. The molecule has 0 bridgehead atoms. The van der Waals surface area contributed by atoms with Crippen LogP contribution < -0.4 is 4.90 Å². The van der Waals surface area contributed by atoms with Crippen molar-refractivity contribution in [2.45, 2.75) is 26.0 Å². The monoisotopic (exact) mass is 535 g/mol. The number of carbonyl (C=O) groups is 3. The highest BCUT2D eigenvalue weighted by molar-refractivity contribution is 9.10. The Balaban J connectivity index is 1.88. The summed E-state index contributed by atoms with van der Waals surface area (Å²) in [4.78, 5) is 40.2. The third-order valence-electron chi connectivity index (χ3n) is 5.47. The van der Waals surface area contributed by atoms with Gasteiger partial charge in [-0.25, -0.2) is 4.79 Å². The minimum atomic E-state index is -0.990. The van der Waals surface area contributed by atoms with Crippen molar-refractivity contribution in [2.24, 2.45) is 0 Å². The number of aliphatic hydroxyl groups excluding tert-OH is 1. The summed E-state index contributed by atoms with van der Waals surface area (Å²) < 4.78 is 6.05. The van der Waals surface area contributed by atoms with Crippen LogP contribution in [0.3, 0.4) is 0 Å². The van der Waals surface area contributed by atoms with Gasteiger partial charge in [0.05, 0.1) is 23.3 Å². The van der Waals surface area contributed by atoms with E-state index in [9.17, 15) is 24.6 Å². The van der Waals surface area contributed by atoms with E-state index in [2.05, 4.69) is 15.9 Å². The van der Waals surface area contributed by atoms with Gasteiger partial charge in [0.2, 0.25) is 0 Å². The lowest BCUT2D eigenvalue weighted by Crippen LogP contribution is -2.29. The van der Waals surface area contributed by atoms with Crippen molar-refractivity contribution in [1.82, 2.24) is 0 Å². The van der Waals surface area contributed by atoms with Gasteiger partial charge in [0, 0.05) is 15.7 Å². The lowest BCUT2D eigenvalue weighted by molar-refractivity contribution is -0.132. The summed E-state index contributed by atoms with van der Waals surface area (Å²) in [5.41, 5.74) is 1.27. The summed E-state index contributed by atoms with van der Waals surface area (Å²) in [6.07, 6.45) is -0.330. The van der Waals surface area contributed by atoms with Gasteiger partial charge < -0.3 is 14.9 Å². The lowest BCUT2D eigenvalue weighted by Gasteiger charge is -2.26. The number of carbonyl (C=O) groups excluding carboxylic acids is 3. The first-order valence-corrected chi connectivity index (χ1v) is 11.6. The third-order valence-corrected chi connectivity index (χ3v) is 6.00. The van der Waals surface area contributed by atoms with Gasteiger partial charge in [-0.2, -0.15) is 0 Å². The molecule has 1 atom stereocenters. The molecule has 1 unspecified atom stereocenters. The fourth-order valence-corrected chi connectivity index (χ4v) is 4.16. The summed E-state index contributed by atoms with van der Waals surface area (Å²) >= 11 is 3.34. The topological polar surface area (TPSA) is 104 Å². The number of nitrogens with zero attached hydrogens (tertiary/aromatic N) is 1. The molecule has 3 aromatic rings. The van der Waals surface area contributed by atoms with E-state index >= 15 is 0 Å². The van der Waals surface area contributed by atoms with Crippen molar-refractivity contribution in [3.8, 4) is 5.75 Å². The second-order valence-corrected chi connectivity index (χ2v) is 9.19. The number of ether oxygens (including phenoxy) is 1. The van der Waals surface area contributed by atoms with Crippen LogP contribution in [0, 0.1) is 0 Å². The van der Waals surface area contributed by atoms with E-state index in [1.165, 1.54) is 23.1 Å². The molecule has 1 aliphatic rings. The van der Waals surface area contributed by atoms with Crippen LogP contribution >= 0.6 is 15.9 Å². The number of phenolic OH excluding ortho intramolecular Hbond substituents is 1. The van der Waals surface area contributed by atoms with Crippen molar-refractivity contribution < 1.29 is 29.3 Å². The van der Waals surface area contributed by atoms with Crippen molar-refractivity contribution in [2.75, 3.05) is 4.90 Å². The Morgan fingerprint density at radius 2 is 1.63 bits per heavy atom. The van der Waals surface area contributed by atoms with E-state index < -0.39 is 23.7 Å². The number of phenols is 1. The molecule has 8 heteroatoms. The van der Waals surface area contributed by atoms with Gasteiger partial charge in [-0.05, 0) is 61.9 Å². The molecule has 0 saturated carbocycles. The second-order valence-electron chi connectivity index (χ2n) is 8.27. The Morgan fingerprint density at radius 1 is 0.971 bits per heavy atom. The molecule has 0 spiro atoms. The standard InChI is InChI=1S/C27H22BrNO6/c1-15(2)35-27(34)18-4-3-5-20(14-18)29-23(16-8-12-21(30)13-9-16)22(25(32)26(29)33)24(31)17-6-10-19(28)11-7-17/h3-15,23,30-31H,1-2H3/b24-22+. The zero-order chi connectivity index (χ0) is 25.3. The number of hydrogen-bond acceptors (Lipinski definition) is 6. The predicted molar refractivity (Wildman–Crippen MR) is 134 cm³/mol. The van der Waals surface area contributed by atoms with Crippen LogP contribution in [0.1, 0.15) is 41.4 Å². The number of rotatable bonds is 5. The molecule has 0 radical (unpaired) electrons. The molecular weight excluding hydrogens is 514 g/mol. The van der Waals surface area contributed by atoms with E-state index in [1.54, 1.807) is 68.4 Å². The maximum Gasteiger partial charge on any atom is 0.338 e. The van der Waals surface area contributed by atoms with Crippen LogP contribution in [0.4, 0.5) is 5.69 Å². The Bertz CT molecular complexity index is 1330. The van der Waals surface area contributed by atoms with Gasteiger partial charge in [-0.3, -0.25) is 14.5 Å². The van der Waals surface area contributed by atoms with Crippen LogP contribution in [-0.4, -0.2) is 34.0 Å². The summed E-state index contributed by atoms with van der Waals surface area (Å²) in [6, 6.07) is 17.9. The number of halogens is 1. The van der Waals surface area contributed by atoms with Gasteiger partial charge in [0.25, 0.3) is 11.7 Å². The Hall–Kier alpha value is -3.91. The minimum Gasteiger partial charge on any atom is -0.508 e. The molecule has 1 amide bonds. The van der Waals surface area contributed by atoms with E-state index in [4.69, 9.17) is 4.74 Å². The molecule has 2 N–H and O–H groups in total. The molecule has 35 heavy (non-hydrogen) atoms.